The van der Waals surface area contributed by atoms with Gasteiger partial charge in [0.15, 0.2) is 11.6 Å². The summed E-state index contributed by atoms with van der Waals surface area (Å²) in [6, 6.07) is 3.23. The standard InChI is InChI=1S/C12H10F6N2O/c13-7-4-2-1-3-6(7)11(9(14)15)5-8(12(16,17)18)21-10(19)20-11/h1-4,8-9H,5H2,(H2,19,20)/t8-,11+/m1/s1. The van der Waals surface area contributed by atoms with E-state index in [0.29, 0.717) is 0 Å². The minimum atomic E-state index is -4.92. The van der Waals surface area contributed by atoms with Gasteiger partial charge in [0, 0.05) is 12.0 Å². The van der Waals surface area contributed by atoms with Crippen LogP contribution in [-0.2, 0) is 10.3 Å². The van der Waals surface area contributed by atoms with Gasteiger partial charge in [0.05, 0.1) is 0 Å². The van der Waals surface area contributed by atoms with Gasteiger partial charge in [-0.1, -0.05) is 18.2 Å². The monoisotopic (exact) mass is 312 g/mol. The fourth-order valence-corrected chi connectivity index (χ4v) is 2.16. The van der Waals surface area contributed by atoms with E-state index >= 15 is 0 Å². The maximum Gasteiger partial charge on any atom is 0.425 e. The molecule has 0 bridgehead atoms. The molecule has 0 spiro atoms. The van der Waals surface area contributed by atoms with Gasteiger partial charge >= 0.3 is 6.18 Å². The van der Waals surface area contributed by atoms with Crippen LogP contribution in [0.2, 0.25) is 0 Å². The third-order valence-electron chi connectivity index (χ3n) is 3.14. The van der Waals surface area contributed by atoms with E-state index in [-0.39, 0.29) is 0 Å². The lowest BCUT2D eigenvalue weighted by atomic mass is 9.84. The molecule has 3 nitrogen and oxygen atoms in total. The molecular formula is C12H10F6N2O. The summed E-state index contributed by atoms with van der Waals surface area (Å²) in [5.41, 5.74) is 1.71. The Morgan fingerprint density at radius 2 is 1.90 bits per heavy atom. The zero-order valence-electron chi connectivity index (χ0n) is 10.4. The quantitative estimate of drug-likeness (QED) is 0.854. The van der Waals surface area contributed by atoms with Crippen LogP contribution in [0.15, 0.2) is 29.3 Å². The van der Waals surface area contributed by atoms with Crippen molar-refractivity contribution in [3.63, 3.8) is 0 Å². The average molecular weight is 312 g/mol. The molecule has 1 aromatic carbocycles. The molecule has 1 aliphatic rings. The Morgan fingerprint density at radius 3 is 2.43 bits per heavy atom. The Morgan fingerprint density at radius 1 is 1.29 bits per heavy atom. The van der Waals surface area contributed by atoms with E-state index in [0.717, 1.165) is 12.1 Å². The van der Waals surface area contributed by atoms with Crippen molar-refractivity contribution in [3.8, 4) is 0 Å². The molecular weight excluding hydrogens is 302 g/mol. The van der Waals surface area contributed by atoms with Crippen LogP contribution in [-0.4, -0.2) is 24.7 Å². The smallest absolute Gasteiger partial charge is 0.425 e. The molecule has 0 unspecified atom stereocenters. The first-order valence-corrected chi connectivity index (χ1v) is 5.78. The second-order valence-corrected chi connectivity index (χ2v) is 4.51. The minimum Gasteiger partial charge on any atom is -0.452 e. The number of amidine groups is 1. The van der Waals surface area contributed by atoms with Gasteiger partial charge in [0.2, 0.25) is 0 Å². The van der Waals surface area contributed by atoms with Gasteiger partial charge in [0.1, 0.15) is 5.82 Å². The molecule has 0 amide bonds. The molecule has 9 heteroatoms. The molecule has 0 fully saturated rings. The number of rotatable bonds is 2. The molecule has 0 saturated heterocycles. The van der Waals surface area contributed by atoms with Crippen LogP contribution < -0.4 is 5.73 Å². The number of ether oxygens (including phenoxy) is 1. The molecule has 0 saturated carbocycles. The van der Waals surface area contributed by atoms with Crippen LogP contribution in [0.1, 0.15) is 12.0 Å². The number of hydrogen-bond donors (Lipinski definition) is 1. The van der Waals surface area contributed by atoms with Crippen molar-refractivity contribution < 1.29 is 31.1 Å². The van der Waals surface area contributed by atoms with Crippen molar-refractivity contribution in [2.75, 3.05) is 0 Å². The number of halogens is 6. The Bertz CT molecular complexity index is 559. The van der Waals surface area contributed by atoms with Crippen molar-refractivity contribution in [2.24, 2.45) is 10.7 Å². The number of benzene rings is 1. The number of aliphatic imine (C=N–C) groups is 1. The zero-order chi connectivity index (χ0) is 15.8. The SMILES string of the molecule is NC1=N[C@@](c2ccccc2F)(C(F)F)C[C@H](C(F)(F)F)O1. The van der Waals surface area contributed by atoms with Gasteiger partial charge in [-0.25, -0.2) is 18.2 Å². The molecule has 21 heavy (non-hydrogen) atoms. The fraction of sp³-hybridized carbons (Fsp3) is 0.417. The van der Waals surface area contributed by atoms with Crippen molar-refractivity contribution in [1.29, 1.82) is 0 Å². The normalized spacial score (nSPS) is 26.4. The molecule has 1 aromatic rings. The average Bonchev–Trinajstić information content (AvgIpc) is 2.37. The van der Waals surface area contributed by atoms with E-state index in [1.807, 2.05) is 0 Å². The van der Waals surface area contributed by atoms with Gasteiger partial charge in [0.25, 0.3) is 12.4 Å². The van der Waals surface area contributed by atoms with E-state index in [4.69, 9.17) is 5.73 Å². The summed E-state index contributed by atoms with van der Waals surface area (Å²) >= 11 is 0. The molecule has 2 N–H and O–H groups in total. The molecule has 2 atom stereocenters. The number of nitrogens with two attached hydrogens (primary N) is 1. The largest absolute Gasteiger partial charge is 0.452 e. The third-order valence-corrected chi connectivity index (χ3v) is 3.14. The van der Waals surface area contributed by atoms with Crippen molar-refractivity contribution in [2.45, 2.75) is 30.7 Å². The van der Waals surface area contributed by atoms with Gasteiger partial charge < -0.3 is 10.5 Å². The Kier molecular flexibility index (Phi) is 3.77. The minimum absolute atomic E-state index is 0.652. The van der Waals surface area contributed by atoms with Crippen molar-refractivity contribution in [3.05, 3.63) is 35.6 Å². The van der Waals surface area contributed by atoms with Gasteiger partial charge in [-0.05, 0) is 6.07 Å². The first-order chi connectivity index (χ1) is 9.67. The van der Waals surface area contributed by atoms with Gasteiger partial charge in [-0.3, -0.25) is 0 Å². The van der Waals surface area contributed by atoms with Crippen LogP contribution in [0.4, 0.5) is 26.3 Å². The van der Waals surface area contributed by atoms with Gasteiger partial charge in [-0.15, -0.1) is 0 Å². The highest BCUT2D eigenvalue weighted by Crippen LogP contribution is 2.44. The molecule has 0 aromatic heterocycles. The van der Waals surface area contributed by atoms with Crippen molar-refractivity contribution >= 4 is 6.02 Å². The topological polar surface area (TPSA) is 47.6 Å². The first kappa shape index (κ1) is 15.5. The summed E-state index contributed by atoms with van der Waals surface area (Å²) in [6.45, 7) is 0. The predicted octanol–water partition coefficient (Wildman–Crippen LogP) is 2.95. The highest BCUT2D eigenvalue weighted by molar-refractivity contribution is 5.73. The number of nitrogens with zero attached hydrogens (tertiary/aromatic N) is 1. The maximum atomic E-state index is 13.8. The van der Waals surface area contributed by atoms with Crippen LogP contribution in [0.3, 0.4) is 0 Å². The van der Waals surface area contributed by atoms with Crippen LogP contribution in [0.25, 0.3) is 0 Å². The number of alkyl halides is 5. The van der Waals surface area contributed by atoms with Crippen LogP contribution in [0, 0.1) is 5.82 Å². The Balaban J connectivity index is 2.58. The molecule has 1 heterocycles. The molecule has 1 aliphatic heterocycles. The Hall–Kier alpha value is -1.93. The number of hydrogen-bond acceptors (Lipinski definition) is 3. The van der Waals surface area contributed by atoms with E-state index in [1.54, 1.807) is 0 Å². The summed E-state index contributed by atoms with van der Waals surface area (Å²) < 4.78 is 83.2. The van der Waals surface area contributed by atoms with Crippen molar-refractivity contribution in [1.82, 2.24) is 0 Å². The lowest BCUT2D eigenvalue weighted by Gasteiger charge is -2.37. The van der Waals surface area contributed by atoms with Crippen LogP contribution >= 0.6 is 0 Å². The maximum absolute atomic E-state index is 13.8. The first-order valence-electron chi connectivity index (χ1n) is 5.78. The lowest BCUT2D eigenvalue weighted by molar-refractivity contribution is -0.213. The van der Waals surface area contributed by atoms with E-state index < -0.39 is 48.1 Å². The predicted molar refractivity (Wildman–Crippen MR) is 61.2 cm³/mol. The Labute approximate surface area is 115 Å². The summed E-state index contributed by atoms with van der Waals surface area (Å²) in [7, 11) is 0. The zero-order valence-corrected chi connectivity index (χ0v) is 10.4. The summed E-state index contributed by atoms with van der Waals surface area (Å²) in [4.78, 5) is 3.29. The molecule has 2 rings (SSSR count). The fourth-order valence-electron chi connectivity index (χ4n) is 2.16. The summed E-state index contributed by atoms with van der Waals surface area (Å²) in [5.74, 6) is -1.09. The molecule has 116 valence electrons. The highest BCUT2D eigenvalue weighted by atomic mass is 19.4. The van der Waals surface area contributed by atoms with E-state index in [2.05, 4.69) is 9.73 Å². The molecule has 0 aliphatic carbocycles. The lowest BCUT2D eigenvalue weighted by Crippen LogP contribution is -2.50. The van der Waals surface area contributed by atoms with Gasteiger partial charge in [-0.2, -0.15) is 13.2 Å². The second kappa shape index (κ2) is 5.12. The van der Waals surface area contributed by atoms with E-state index in [1.165, 1.54) is 12.1 Å². The third kappa shape index (κ3) is 2.77. The van der Waals surface area contributed by atoms with Crippen LogP contribution in [0.5, 0.6) is 0 Å². The molecule has 0 radical (unpaired) electrons. The van der Waals surface area contributed by atoms with E-state index in [9.17, 15) is 26.3 Å². The summed E-state index contributed by atoms with van der Waals surface area (Å²) in [5, 5.41) is 0. The summed E-state index contributed by atoms with van der Waals surface area (Å²) in [6.07, 6.45) is -12.1. The highest BCUT2D eigenvalue weighted by Gasteiger charge is 2.55. The second-order valence-electron chi connectivity index (χ2n) is 4.51.